The van der Waals surface area contributed by atoms with Crippen LogP contribution in [0.15, 0.2) is 0 Å². The molecule has 1 heterocycles. The van der Waals surface area contributed by atoms with E-state index < -0.39 is 0 Å². The minimum atomic E-state index is -0.373. The normalized spacial score (nSPS) is 24.6. The molecule has 0 aromatic carbocycles. The first-order chi connectivity index (χ1) is 7.72. The lowest BCUT2D eigenvalue weighted by Crippen LogP contribution is -2.46. The molecule has 4 nitrogen and oxygen atoms in total. The van der Waals surface area contributed by atoms with Crippen LogP contribution < -0.4 is 5.73 Å². The van der Waals surface area contributed by atoms with Crippen molar-refractivity contribution < 1.29 is 9.84 Å². The fourth-order valence-corrected chi connectivity index (χ4v) is 2.07. The predicted octanol–water partition coefficient (Wildman–Crippen LogP) is 0.587. The molecular formula is C12H26N2O2. The Kier molecular flexibility index (Phi) is 6.96. The van der Waals surface area contributed by atoms with E-state index in [0.717, 1.165) is 45.4 Å². The van der Waals surface area contributed by atoms with Gasteiger partial charge in [0.25, 0.3) is 0 Å². The molecule has 16 heavy (non-hydrogen) atoms. The highest BCUT2D eigenvalue weighted by atomic mass is 16.5. The van der Waals surface area contributed by atoms with Gasteiger partial charge in [0.2, 0.25) is 0 Å². The number of likely N-dealkylation sites (tertiary alicyclic amines) is 1. The van der Waals surface area contributed by atoms with Gasteiger partial charge < -0.3 is 15.6 Å². The summed E-state index contributed by atoms with van der Waals surface area (Å²) in [6.45, 7) is 6.00. The second kappa shape index (κ2) is 8.01. The van der Waals surface area contributed by atoms with E-state index in [1.807, 2.05) is 0 Å². The minimum absolute atomic E-state index is 0.280. The molecule has 0 saturated carbocycles. The summed E-state index contributed by atoms with van der Waals surface area (Å²) >= 11 is 0. The van der Waals surface area contributed by atoms with Gasteiger partial charge in [-0.1, -0.05) is 13.3 Å². The van der Waals surface area contributed by atoms with Crippen molar-refractivity contribution in [3.8, 4) is 0 Å². The summed E-state index contributed by atoms with van der Waals surface area (Å²) in [6.07, 6.45) is 4.09. The van der Waals surface area contributed by atoms with Crippen LogP contribution in [0.2, 0.25) is 0 Å². The van der Waals surface area contributed by atoms with E-state index in [-0.39, 0.29) is 12.1 Å². The molecule has 2 unspecified atom stereocenters. The highest BCUT2D eigenvalue weighted by molar-refractivity contribution is 4.76. The Balaban J connectivity index is 2.06. The largest absolute Gasteiger partial charge is 0.389 e. The summed E-state index contributed by atoms with van der Waals surface area (Å²) in [5.41, 5.74) is 5.89. The number of ether oxygens (including phenoxy) is 1. The molecule has 0 bridgehead atoms. The molecule has 0 radical (unpaired) electrons. The van der Waals surface area contributed by atoms with Crippen molar-refractivity contribution >= 4 is 0 Å². The summed E-state index contributed by atoms with van der Waals surface area (Å²) in [6, 6.07) is 0.280. The number of nitrogens with zero attached hydrogens (tertiary/aromatic N) is 1. The zero-order valence-electron chi connectivity index (χ0n) is 10.4. The molecule has 4 heteroatoms. The van der Waals surface area contributed by atoms with E-state index in [4.69, 9.17) is 10.5 Å². The van der Waals surface area contributed by atoms with Gasteiger partial charge in [0.05, 0.1) is 12.7 Å². The second-order valence-electron chi connectivity index (χ2n) is 4.74. The summed E-state index contributed by atoms with van der Waals surface area (Å²) < 4.78 is 5.40. The Morgan fingerprint density at radius 2 is 2.38 bits per heavy atom. The maximum absolute atomic E-state index is 9.78. The van der Waals surface area contributed by atoms with E-state index in [1.165, 1.54) is 0 Å². The molecule has 1 fully saturated rings. The number of hydrogen-bond donors (Lipinski definition) is 2. The van der Waals surface area contributed by atoms with Crippen molar-refractivity contribution in [1.29, 1.82) is 0 Å². The molecule has 0 aromatic rings. The van der Waals surface area contributed by atoms with Crippen molar-refractivity contribution in [3.05, 3.63) is 0 Å². The first-order valence-electron chi connectivity index (χ1n) is 6.46. The number of hydrogen-bond acceptors (Lipinski definition) is 4. The van der Waals surface area contributed by atoms with Gasteiger partial charge in [0, 0.05) is 25.7 Å². The maximum atomic E-state index is 9.78. The summed E-state index contributed by atoms with van der Waals surface area (Å²) in [4.78, 5) is 2.24. The Labute approximate surface area is 98.8 Å². The zero-order chi connectivity index (χ0) is 11.8. The van der Waals surface area contributed by atoms with E-state index in [9.17, 15) is 5.11 Å². The molecule has 0 aliphatic carbocycles. The smallest absolute Gasteiger partial charge is 0.0900 e. The zero-order valence-corrected chi connectivity index (χ0v) is 10.4. The van der Waals surface area contributed by atoms with Crippen molar-refractivity contribution in [3.63, 3.8) is 0 Å². The van der Waals surface area contributed by atoms with Crippen molar-refractivity contribution in [2.75, 3.05) is 32.8 Å². The number of aliphatic hydroxyl groups excluding tert-OH is 1. The highest BCUT2D eigenvalue weighted by Gasteiger charge is 2.18. The standard InChI is InChI=1S/C12H26N2O2/c1-2-3-7-16-10-12(15)9-14-6-4-5-11(13)8-14/h11-12,15H,2-10,13H2,1H3. The molecular weight excluding hydrogens is 204 g/mol. The lowest BCUT2D eigenvalue weighted by Gasteiger charge is -2.32. The quantitative estimate of drug-likeness (QED) is 0.628. The fourth-order valence-electron chi connectivity index (χ4n) is 2.07. The van der Waals surface area contributed by atoms with Gasteiger partial charge >= 0.3 is 0 Å². The number of β-amino-alcohol motifs (C(OH)–C–C–N with tert-alkyl or cyclic N) is 1. The third-order valence-electron chi connectivity index (χ3n) is 2.96. The third-order valence-corrected chi connectivity index (χ3v) is 2.96. The summed E-state index contributed by atoms with van der Waals surface area (Å²) in [5.74, 6) is 0. The van der Waals surface area contributed by atoms with Crippen LogP contribution in [-0.2, 0) is 4.74 Å². The number of unbranched alkanes of at least 4 members (excludes halogenated alkanes) is 1. The first kappa shape index (κ1) is 13.9. The van der Waals surface area contributed by atoms with E-state index in [0.29, 0.717) is 13.2 Å². The summed E-state index contributed by atoms with van der Waals surface area (Å²) in [5, 5.41) is 9.78. The van der Waals surface area contributed by atoms with Gasteiger partial charge in [-0.25, -0.2) is 0 Å². The molecule has 1 aliphatic heterocycles. The molecule has 1 saturated heterocycles. The molecule has 0 aromatic heterocycles. The molecule has 1 rings (SSSR count). The third kappa shape index (κ3) is 5.80. The van der Waals surface area contributed by atoms with Crippen LogP contribution in [0.1, 0.15) is 32.6 Å². The Hall–Kier alpha value is -0.160. The van der Waals surface area contributed by atoms with Gasteiger partial charge in [-0.3, -0.25) is 4.90 Å². The van der Waals surface area contributed by atoms with Gasteiger partial charge in [-0.15, -0.1) is 0 Å². The maximum Gasteiger partial charge on any atom is 0.0900 e. The van der Waals surface area contributed by atoms with Crippen LogP contribution in [0.3, 0.4) is 0 Å². The SMILES string of the molecule is CCCCOCC(O)CN1CCCC(N)C1. The number of piperidine rings is 1. The average Bonchev–Trinajstić information content (AvgIpc) is 2.24. The molecule has 96 valence electrons. The van der Waals surface area contributed by atoms with Crippen molar-refractivity contribution in [2.45, 2.75) is 44.8 Å². The molecule has 0 spiro atoms. The minimum Gasteiger partial charge on any atom is -0.389 e. The molecule has 2 atom stereocenters. The van der Waals surface area contributed by atoms with E-state index >= 15 is 0 Å². The van der Waals surface area contributed by atoms with Crippen molar-refractivity contribution in [2.24, 2.45) is 5.73 Å². The number of aliphatic hydroxyl groups is 1. The Morgan fingerprint density at radius 1 is 1.56 bits per heavy atom. The highest BCUT2D eigenvalue weighted by Crippen LogP contribution is 2.08. The van der Waals surface area contributed by atoms with E-state index in [1.54, 1.807) is 0 Å². The fraction of sp³-hybridized carbons (Fsp3) is 1.00. The van der Waals surface area contributed by atoms with Gasteiger partial charge in [-0.2, -0.15) is 0 Å². The van der Waals surface area contributed by atoms with Crippen LogP contribution in [0.4, 0.5) is 0 Å². The number of rotatable bonds is 7. The first-order valence-corrected chi connectivity index (χ1v) is 6.46. The Morgan fingerprint density at radius 3 is 3.06 bits per heavy atom. The van der Waals surface area contributed by atoms with Gasteiger partial charge in [0.1, 0.15) is 0 Å². The number of nitrogens with two attached hydrogens (primary N) is 1. The predicted molar refractivity (Wildman–Crippen MR) is 65.4 cm³/mol. The molecule has 0 amide bonds. The van der Waals surface area contributed by atoms with Crippen LogP contribution in [0.5, 0.6) is 0 Å². The van der Waals surface area contributed by atoms with E-state index in [2.05, 4.69) is 11.8 Å². The van der Waals surface area contributed by atoms with Crippen LogP contribution >= 0.6 is 0 Å². The van der Waals surface area contributed by atoms with Crippen molar-refractivity contribution in [1.82, 2.24) is 4.90 Å². The summed E-state index contributed by atoms with van der Waals surface area (Å²) in [7, 11) is 0. The lowest BCUT2D eigenvalue weighted by molar-refractivity contribution is 0.0115. The lowest BCUT2D eigenvalue weighted by atomic mass is 10.1. The van der Waals surface area contributed by atoms with Gasteiger partial charge in [0.15, 0.2) is 0 Å². The van der Waals surface area contributed by atoms with Crippen LogP contribution in [0, 0.1) is 0 Å². The monoisotopic (exact) mass is 230 g/mol. The van der Waals surface area contributed by atoms with Crippen LogP contribution in [0.25, 0.3) is 0 Å². The topological polar surface area (TPSA) is 58.7 Å². The van der Waals surface area contributed by atoms with Gasteiger partial charge in [-0.05, 0) is 25.8 Å². The second-order valence-corrected chi connectivity index (χ2v) is 4.74. The molecule has 3 N–H and O–H groups in total. The average molecular weight is 230 g/mol. The molecule has 1 aliphatic rings. The Bertz CT molecular complexity index is 178. The van der Waals surface area contributed by atoms with Crippen LogP contribution in [-0.4, -0.2) is 55.0 Å².